The molecule has 0 unspecified atom stereocenters. The zero-order valence-corrected chi connectivity index (χ0v) is 32.6. The van der Waals surface area contributed by atoms with E-state index in [9.17, 15) is 0 Å². The predicted octanol–water partition coefficient (Wildman–Crippen LogP) is 14.7. The first-order valence-electron chi connectivity index (χ1n) is 19.4. The molecule has 0 spiro atoms. The van der Waals surface area contributed by atoms with Crippen LogP contribution in [0.4, 0.5) is 17.1 Å². The van der Waals surface area contributed by atoms with E-state index in [1.54, 1.807) is 7.11 Å². The van der Waals surface area contributed by atoms with Gasteiger partial charge in [-0.15, -0.1) is 0 Å². The number of anilines is 3. The first kappa shape index (κ1) is 36.8. The lowest BCUT2D eigenvalue weighted by Gasteiger charge is -2.27. The quantitative estimate of drug-likeness (QED) is 0.0969. The van der Waals surface area contributed by atoms with Crippen LogP contribution < -0.4 is 9.64 Å². The summed E-state index contributed by atoms with van der Waals surface area (Å²) in [5.74, 6) is 0.822. The maximum atomic E-state index is 5.56. The summed E-state index contributed by atoms with van der Waals surface area (Å²) >= 11 is 0. The Morgan fingerprint density at radius 3 is 1.49 bits per heavy atom. The smallest absolute Gasteiger partial charge is 0.119 e. The Morgan fingerprint density at radius 1 is 0.456 bits per heavy atom. The maximum Gasteiger partial charge on any atom is 0.119 e. The minimum absolute atomic E-state index is 0.822. The van der Waals surface area contributed by atoms with E-state index in [4.69, 9.17) is 4.74 Å². The SMILES string of the molecule is COc1ccc(N(c2ccc(C=C(c3ccc(C)cc3)c3ccc(C)cc3)cc2)c2ccc(/C=C/C=C(c3ccccc3)c3ccccc3)c3ccccc23)cc1. The van der Waals surface area contributed by atoms with Crippen molar-refractivity contribution in [1.82, 2.24) is 0 Å². The molecule has 276 valence electrons. The fourth-order valence-electron chi connectivity index (χ4n) is 7.33. The lowest BCUT2D eigenvalue weighted by molar-refractivity contribution is 0.415. The molecule has 0 aliphatic rings. The van der Waals surface area contributed by atoms with Crippen LogP contribution >= 0.6 is 0 Å². The molecule has 0 bridgehead atoms. The van der Waals surface area contributed by atoms with Crippen LogP contribution in [0.25, 0.3) is 34.1 Å². The van der Waals surface area contributed by atoms with Crippen molar-refractivity contribution in [3.05, 3.63) is 251 Å². The molecule has 8 rings (SSSR count). The standard InChI is InChI=1S/C55H45NO/c1-40-21-27-46(28-22-40)54(47-29-23-41(2)24-30-47)39-42-25-32-48(33-26-42)56(49-34-36-50(57-3)37-35-49)55-38-31-45(52-18-10-11-19-53(52)55)17-12-20-51(43-13-6-4-7-14-43)44-15-8-5-9-16-44/h4-39H,1-3H3/b17-12+. The van der Waals surface area contributed by atoms with Crippen molar-refractivity contribution in [3.63, 3.8) is 0 Å². The Kier molecular flexibility index (Phi) is 11.0. The van der Waals surface area contributed by atoms with E-state index in [0.717, 1.165) is 39.3 Å². The van der Waals surface area contributed by atoms with E-state index in [0.29, 0.717) is 0 Å². The summed E-state index contributed by atoms with van der Waals surface area (Å²) in [6.45, 7) is 4.26. The van der Waals surface area contributed by atoms with Crippen molar-refractivity contribution in [3.8, 4) is 5.75 Å². The highest BCUT2D eigenvalue weighted by molar-refractivity contribution is 6.03. The lowest BCUT2D eigenvalue weighted by Crippen LogP contribution is -2.10. The third kappa shape index (κ3) is 8.42. The molecule has 0 saturated carbocycles. The van der Waals surface area contributed by atoms with Gasteiger partial charge in [0.15, 0.2) is 0 Å². The van der Waals surface area contributed by atoms with E-state index >= 15 is 0 Å². The van der Waals surface area contributed by atoms with Crippen LogP contribution in [0.2, 0.25) is 0 Å². The summed E-state index contributed by atoms with van der Waals surface area (Å²) in [6.07, 6.45) is 8.90. The normalized spacial score (nSPS) is 11.0. The van der Waals surface area contributed by atoms with Crippen molar-refractivity contribution >= 4 is 51.1 Å². The van der Waals surface area contributed by atoms with Gasteiger partial charge in [0.2, 0.25) is 0 Å². The number of ether oxygens (including phenoxy) is 1. The molecule has 0 saturated heterocycles. The van der Waals surface area contributed by atoms with Gasteiger partial charge in [0.25, 0.3) is 0 Å². The zero-order chi connectivity index (χ0) is 39.0. The molecular weight excluding hydrogens is 691 g/mol. The molecule has 0 aliphatic heterocycles. The lowest BCUT2D eigenvalue weighted by atomic mass is 9.94. The minimum Gasteiger partial charge on any atom is -0.497 e. The summed E-state index contributed by atoms with van der Waals surface area (Å²) < 4.78 is 5.56. The number of aryl methyl sites for hydroxylation is 2. The van der Waals surface area contributed by atoms with Gasteiger partial charge in [0, 0.05) is 16.8 Å². The highest BCUT2D eigenvalue weighted by Crippen LogP contribution is 2.41. The van der Waals surface area contributed by atoms with Crippen LogP contribution in [0.1, 0.15) is 44.5 Å². The van der Waals surface area contributed by atoms with Crippen LogP contribution in [0.15, 0.2) is 206 Å². The molecule has 57 heavy (non-hydrogen) atoms. The van der Waals surface area contributed by atoms with Crippen LogP contribution in [0.3, 0.4) is 0 Å². The molecule has 0 amide bonds. The maximum absolute atomic E-state index is 5.56. The number of methoxy groups -OCH3 is 1. The number of hydrogen-bond acceptors (Lipinski definition) is 2. The number of allylic oxidation sites excluding steroid dienone is 2. The number of fused-ring (bicyclic) bond motifs is 1. The number of rotatable bonds is 11. The molecule has 8 aromatic rings. The second kappa shape index (κ2) is 17.1. The van der Waals surface area contributed by atoms with Gasteiger partial charge in [-0.1, -0.05) is 181 Å². The largest absolute Gasteiger partial charge is 0.497 e. The molecular formula is C55H45NO. The second-order valence-corrected chi connectivity index (χ2v) is 14.3. The molecule has 0 fully saturated rings. The van der Waals surface area contributed by atoms with Crippen molar-refractivity contribution in [2.75, 3.05) is 12.0 Å². The van der Waals surface area contributed by atoms with Crippen molar-refractivity contribution < 1.29 is 4.74 Å². The summed E-state index contributed by atoms with van der Waals surface area (Å²) in [4.78, 5) is 2.34. The molecule has 2 nitrogen and oxygen atoms in total. The minimum atomic E-state index is 0.822. The van der Waals surface area contributed by atoms with Crippen molar-refractivity contribution in [2.24, 2.45) is 0 Å². The predicted molar refractivity (Wildman–Crippen MR) is 244 cm³/mol. The monoisotopic (exact) mass is 735 g/mol. The van der Waals surface area contributed by atoms with Crippen LogP contribution in [0.5, 0.6) is 5.75 Å². The number of nitrogens with zero attached hydrogens (tertiary/aromatic N) is 1. The van der Waals surface area contributed by atoms with Crippen molar-refractivity contribution in [1.29, 1.82) is 0 Å². The Morgan fingerprint density at radius 2 is 0.947 bits per heavy atom. The molecule has 0 atom stereocenters. The fourth-order valence-corrected chi connectivity index (χ4v) is 7.33. The Balaban J connectivity index is 1.19. The topological polar surface area (TPSA) is 12.5 Å². The molecule has 0 radical (unpaired) electrons. The van der Waals surface area contributed by atoms with Gasteiger partial charge >= 0.3 is 0 Å². The summed E-state index contributed by atoms with van der Waals surface area (Å²) in [5, 5.41) is 2.34. The fraction of sp³-hybridized carbons (Fsp3) is 0.0545. The summed E-state index contributed by atoms with van der Waals surface area (Å²) in [5.41, 5.74) is 15.1. The second-order valence-electron chi connectivity index (χ2n) is 14.3. The molecule has 8 aromatic carbocycles. The molecule has 2 heteroatoms. The van der Waals surface area contributed by atoms with Gasteiger partial charge in [-0.05, 0) is 112 Å². The van der Waals surface area contributed by atoms with Gasteiger partial charge in [-0.3, -0.25) is 0 Å². The van der Waals surface area contributed by atoms with Gasteiger partial charge in [-0.25, -0.2) is 0 Å². The first-order chi connectivity index (χ1) is 28.0. The molecule has 0 aromatic heterocycles. The Bertz CT molecular complexity index is 2580. The summed E-state index contributed by atoms with van der Waals surface area (Å²) in [7, 11) is 1.71. The van der Waals surface area contributed by atoms with Crippen LogP contribution in [0, 0.1) is 13.8 Å². The van der Waals surface area contributed by atoms with Crippen molar-refractivity contribution in [2.45, 2.75) is 13.8 Å². The van der Waals surface area contributed by atoms with Gasteiger partial charge < -0.3 is 9.64 Å². The number of benzene rings is 8. The van der Waals surface area contributed by atoms with Crippen LogP contribution in [-0.2, 0) is 0 Å². The summed E-state index contributed by atoms with van der Waals surface area (Å²) in [6, 6.07) is 69.1. The van der Waals surface area contributed by atoms with E-state index in [1.165, 1.54) is 49.9 Å². The Hall–Kier alpha value is -7.16. The average molecular weight is 736 g/mol. The van der Waals surface area contributed by atoms with E-state index < -0.39 is 0 Å². The molecule has 0 heterocycles. The van der Waals surface area contributed by atoms with E-state index in [1.807, 2.05) is 12.1 Å². The first-order valence-corrected chi connectivity index (χ1v) is 19.4. The van der Waals surface area contributed by atoms with Crippen LogP contribution in [-0.4, -0.2) is 7.11 Å². The van der Waals surface area contributed by atoms with E-state index in [2.05, 4.69) is 225 Å². The Labute approximate surface area is 337 Å². The van der Waals surface area contributed by atoms with E-state index in [-0.39, 0.29) is 0 Å². The third-order valence-corrected chi connectivity index (χ3v) is 10.4. The highest BCUT2D eigenvalue weighted by Gasteiger charge is 2.17. The van der Waals surface area contributed by atoms with Gasteiger partial charge in [0.05, 0.1) is 12.8 Å². The number of hydrogen-bond donors (Lipinski definition) is 0. The molecule has 0 N–H and O–H groups in total. The van der Waals surface area contributed by atoms with Gasteiger partial charge in [0.1, 0.15) is 5.75 Å². The highest BCUT2D eigenvalue weighted by atomic mass is 16.5. The average Bonchev–Trinajstić information content (AvgIpc) is 3.27. The zero-order valence-electron chi connectivity index (χ0n) is 32.6. The molecule has 0 aliphatic carbocycles. The van der Waals surface area contributed by atoms with Gasteiger partial charge in [-0.2, -0.15) is 0 Å². The third-order valence-electron chi connectivity index (χ3n) is 10.4.